The molecule has 0 aromatic carbocycles. The molecule has 2 N–H and O–H groups in total. The molecular weight excluding hydrogens is 225 g/mol. The van der Waals surface area contributed by atoms with Crippen molar-refractivity contribution in [2.45, 2.75) is 19.4 Å². The number of hydrogen-bond donors (Lipinski definition) is 1. The largest absolute Gasteiger partial charge is 0.324 e. The Hall–Kier alpha value is -1.33. The van der Waals surface area contributed by atoms with E-state index in [1.54, 1.807) is 23.6 Å². The van der Waals surface area contributed by atoms with Gasteiger partial charge in [0, 0.05) is 29.6 Å². The summed E-state index contributed by atoms with van der Waals surface area (Å²) in [6.07, 6.45) is 3.28. The lowest BCUT2D eigenvalue weighted by molar-refractivity contribution is 0.573. The zero-order valence-electron chi connectivity index (χ0n) is 8.85. The molecule has 1 unspecified atom stereocenters. The van der Waals surface area contributed by atoms with Gasteiger partial charge in [-0.2, -0.15) is 0 Å². The van der Waals surface area contributed by atoms with E-state index in [1.807, 2.05) is 12.3 Å². The molecule has 2 aromatic rings. The summed E-state index contributed by atoms with van der Waals surface area (Å²) in [5.74, 6) is -0.359. The maximum Gasteiger partial charge on any atom is 0.146 e. The highest BCUT2D eigenvalue weighted by molar-refractivity contribution is 7.09. The topological polar surface area (TPSA) is 51.8 Å². The maximum absolute atomic E-state index is 13.4. The summed E-state index contributed by atoms with van der Waals surface area (Å²) >= 11 is 1.57. The lowest BCUT2D eigenvalue weighted by atomic mass is 10.0. The van der Waals surface area contributed by atoms with Gasteiger partial charge < -0.3 is 5.73 Å². The van der Waals surface area contributed by atoms with Crippen LogP contribution in [0.15, 0.2) is 23.8 Å². The first kappa shape index (κ1) is 11.2. The highest BCUT2D eigenvalue weighted by Crippen LogP contribution is 2.19. The lowest BCUT2D eigenvalue weighted by Gasteiger charge is -2.10. The molecule has 1 atom stereocenters. The van der Waals surface area contributed by atoms with Crippen molar-refractivity contribution in [3.63, 3.8) is 0 Å². The minimum atomic E-state index is -0.371. The predicted octanol–water partition coefficient (Wildman–Crippen LogP) is 2.23. The van der Waals surface area contributed by atoms with Crippen molar-refractivity contribution in [3.8, 4) is 0 Å². The number of hydrogen-bond acceptors (Lipinski definition) is 4. The lowest BCUT2D eigenvalue weighted by Crippen LogP contribution is -2.15. The number of pyridine rings is 1. The Balaban J connectivity index is 2.14. The van der Waals surface area contributed by atoms with Crippen LogP contribution in [0.3, 0.4) is 0 Å². The van der Waals surface area contributed by atoms with Crippen LogP contribution in [0.5, 0.6) is 0 Å². The zero-order valence-corrected chi connectivity index (χ0v) is 9.67. The van der Waals surface area contributed by atoms with Crippen molar-refractivity contribution in [2.24, 2.45) is 5.73 Å². The summed E-state index contributed by atoms with van der Waals surface area (Å²) in [6, 6.07) is 1.24. The van der Waals surface area contributed by atoms with Crippen LogP contribution in [-0.2, 0) is 6.42 Å². The Bertz CT molecular complexity index is 484. The Kier molecular flexibility index (Phi) is 3.26. The van der Waals surface area contributed by atoms with Crippen molar-refractivity contribution in [1.82, 2.24) is 9.97 Å². The van der Waals surface area contributed by atoms with Gasteiger partial charge in [-0.1, -0.05) is 0 Å². The first-order valence-electron chi connectivity index (χ1n) is 4.93. The fraction of sp³-hybridized carbons (Fsp3) is 0.273. The average molecular weight is 237 g/mol. The van der Waals surface area contributed by atoms with Gasteiger partial charge in [-0.15, -0.1) is 11.3 Å². The maximum atomic E-state index is 13.4. The van der Waals surface area contributed by atoms with Gasteiger partial charge in [0.1, 0.15) is 5.82 Å². The van der Waals surface area contributed by atoms with Crippen LogP contribution in [0.1, 0.15) is 22.3 Å². The van der Waals surface area contributed by atoms with Gasteiger partial charge in [0.25, 0.3) is 0 Å². The van der Waals surface area contributed by atoms with Crippen molar-refractivity contribution in [2.75, 3.05) is 0 Å². The Morgan fingerprint density at radius 2 is 2.38 bits per heavy atom. The third kappa shape index (κ3) is 2.43. The second kappa shape index (κ2) is 4.67. The van der Waals surface area contributed by atoms with Gasteiger partial charge in [-0.25, -0.2) is 9.37 Å². The van der Waals surface area contributed by atoms with E-state index in [-0.39, 0.29) is 11.9 Å². The molecule has 16 heavy (non-hydrogen) atoms. The summed E-state index contributed by atoms with van der Waals surface area (Å²) in [6.45, 7) is 1.94. The Labute approximate surface area is 97.2 Å². The molecule has 0 fully saturated rings. The van der Waals surface area contributed by atoms with E-state index in [2.05, 4.69) is 9.97 Å². The third-order valence-corrected chi connectivity index (χ3v) is 3.12. The molecule has 0 spiro atoms. The van der Waals surface area contributed by atoms with Crippen molar-refractivity contribution >= 4 is 11.3 Å². The Morgan fingerprint density at radius 1 is 1.56 bits per heavy atom. The quantitative estimate of drug-likeness (QED) is 0.890. The van der Waals surface area contributed by atoms with E-state index in [0.29, 0.717) is 12.0 Å². The molecule has 0 saturated carbocycles. The second-order valence-electron chi connectivity index (χ2n) is 3.57. The number of nitrogens with two attached hydrogens (primary N) is 1. The highest BCUT2D eigenvalue weighted by Gasteiger charge is 2.13. The molecule has 5 heteroatoms. The van der Waals surface area contributed by atoms with Crippen LogP contribution in [0.4, 0.5) is 4.39 Å². The van der Waals surface area contributed by atoms with Crippen molar-refractivity contribution in [3.05, 3.63) is 45.9 Å². The van der Waals surface area contributed by atoms with Crippen molar-refractivity contribution < 1.29 is 4.39 Å². The van der Waals surface area contributed by atoms with Crippen LogP contribution in [-0.4, -0.2) is 9.97 Å². The van der Waals surface area contributed by atoms with Crippen LogP contribution in [0, 0.1) is 12.7 Å². The van der Waals surface area contributed by atoms with E-state index in [9.17, 15) is 4.39 Å². The average Bonchev–Trinajstić information content (AvgIpc) is 2.64. The van der Waals surface area contributed by atoms with E-state index in [0.717, 1.165) is 10.7 Å². The van der Waals surface area contributed by atoms with Crippen LogP contribution < -0.4 is 5.73 Å². The fourth-order valence-corrected chi connectivity index (χ4v) is 2.15. The van der Waals surface area contributed by atoms with E-state index in [4.69, 9.17) is 5.73 Å². The zero-order chi connectivity index (χ0) is 11.5. The van der Waals surface area contributed by atoms with Gasteiger partial charge in [0.15, 0.2) is 0 Å². The van der Waals surface area contributed by atoms with Gasteiger partial charge in [0.05, 0.1) is 16.9 Å². The van der Waals surface area contributed by atoms with Gasteiger partial charge in [-0.05, 0) is 13.0 Å². The monoisotopic (exact) mass is 237 g/mol. The third-order valence-electron chi connectivity index (χ3n) is 2.30. The summed E-state index contributed by atoms with van der Waals surface area (Å²) in [7, 11) is 0. The normalized spacial score (nSPS) is 12.7. The highest BCUT2D eigenvalue weighted by atomic mass is 32.1. The first-order valence-corrected chi connectivity index (χ1v) is 5.81. The molecule has 0 amide bonds. The molecule has 2 rings (SSSR count). The fourth-order valence-electron chi connectivity index (χ4n) is 1.52. The second-order valence-corrected chi connectivity index (χ2v) is 4.63. The molecule has 2 aromatic heterocycles. The van der Waals surface area contributed by atoms with Crippen molar-refractivity contribution in [1.29, 1.82) is 0 Å². The van der Waals surface area contributed by atoms with Crippen LogP contribution >= 0.6 is 11.3 Å². The van der Waals surface area contributed by atoms with Gasteiger partial charge >= 0.3 is 0 Å². The Morgan fingerprint density at radius 3 is 3.00 bits per heavy atom. The molecule has 84 valence electrons. The van der Waals surface area contributed by atoms with E-state index >= 15 is 0 Å². The molecule has 0 radical (unpaired) electrons. The molecule has 3 nitrogen and oxygen atoms in total. The molecular formula is C11H12FN3S. The predicted molar refractivity (Wildman–Crippen MR) is 61.7 cm³/mol. The summed E-state index contributed by atoms with van der Waals surface area (Å²) in [5.41, 5.74) is 7.33. The minimum Gasteiger partial charge on any atom is -0.324 e. The first-order chi connectivity index (χ1) is 7.66. The number of rotatable bonds is 3. The van der Waals surface area contributed by atoms with Crippen LogP contribution in [0.25, 0.3) is 0 Å². The molecule has 0 aliphatic heterocycles. The summed E-state index contributed by atoms with van der Waals surface area (Å²) < 4.78 is 13.4. The van der Waals surface area contributed by atoms with E-state index < -0.39 is 0 Å². The number of thiazole rings is 1. The van der Waals surface area contributed by atoms with Crippen LogP contribution in [0.2, 0.25) is 0 Å². The summed E-state index contributed by atoms with van der Waals surface area (Å²) in [4.78, 5) is 8.00. The number of aromatic nitrogens is 2. The standard InChI is InChI=1S/C11H12FN3S/c1-7-15-8(6-16-7)4-11(13)9-2-3-14-5-10(9)12/h2-3,5-6,11H,4,13H2,1H3. The number of aryl methyl sites for hydroxylation is 1. The number of halogens is 1. The minimum absolute atomic E-state index is 0.359. The molecule has 0 aliphatic rings. The van der Waals surface area contributed by atoms with E-state index in [1.165, 1.54) is 6.20 Å². The molecule has 0 bridgehead atoms. The SMILES string of the molecule is Cc1nc(CC(N)c2ccncc2F)cs1. The van der Waals surface area contributed by atoms with Gasteiger partial charge in [-0.3, -0.25) is 4.98 Å². The smallest absolute Gasteiger partial charge is 0.146 e. The van der Waals surface area contributed by atoms with Gasteiger partial charge in [0.2, 0.25) is 0 Å². The molecule has 0 saturated heterocycles. The summed E-state index contributed by atoms with van der Waals surface area (Å²) in [5, 5.41) is 2.95. The molecule has 2 heterocycles. The number of nitrogens with zero attached hydrogens (tertiary/aromatic N) is 2. The molecule has 0 aliphatic carbocycles.